The van der Waals surface area contributed by atoms with Gasteiger partial charge in [-0.3, -0.25) is 4.79 Å². The van der Waals surface area contributed by atoms with Crippen molar-refractivity contribution in [3.63, 3.8) is 0 Å². The van der Waals surface area contributed by atoms with Crippen LogP contribution in [0.4, 0.5) is 0 Å². The molecule has 1 aromatic carbocycles. The van der Waals surface area contributed by atoms with Crippen LogP contribution in [0, 0.1) is 0 Å². The number of hydrogen-bond donors (Lipinski definition) is 1. The highest BCUT2D eigenvalue weighted by Gasteiger charge is 2.14. The Bertz CT molecular complexity index is 792. The maximum absolute atomic E-state index is 12.7. The van der Waals surface area contributed by atoms with Crippen molar-refractivity contribution in [2.45, 2.75) is 207 Å². The van der Waals surface area contributed by atoms with E-state index < -0.39 is 0 Å². The Balaban J connectivity index is 2.40. The van der Waals surface area contributed by atoms with Crippen molar-refractivity contribution in [2.24, 2.45) is 0 Å². The molecule has 5 nitrogen and oxygen atoms in total. The second-order valence-electron chi connectivity index (χ2n) is 13.5. The number of hydrogen-bond acceptors (Lipinski definition) is 5. The molecular weight excluding hydrogens is 572 g/mol. The normalized spacial score (nSPS) is 11.5. The molecule has 0 radical (unpaired) electrons. The summed E-state index contributed by atoms with van der Waals surface area (Å²) in [5.41, 5.74) is 3.06. The van der Waals surface area contributed by atoms with E-state index in [4.69, 9.17) is 14.2 Å². The van der Waals surface area contributed by atoms with Crippen LogP contribution in [0.1, 0.15) is 198 Å². The van der Waals surface area contributed by atoms with Gasteiger partial charge in [0.1, 0.15) is 6.61 Å². The smallest absolute Gasteiger partial charge is 0.306 e. The minimum atomic E-state index is -0.353. The third-order valence-corrected chi connectivity index (χ3v) is 8.95. The van der Waals surface area contributed by atoms with Crippen LogP contribution in [0.5, 0.6) is 0 Å². The predicted molar refractivity (Wildman–Crippen MR) is 194 cm³/mol. The summed E-state index contributed by atoms with van der Waals surface area (Å²) in [4.78, 5) is 12.7. The van der Waals surface area contributed by atoms with E-state index in [1.807, 2.05) is 6.07 Å². The maximum atomic E-state index is 12.7. The number of carbonyl (C=O) groups excluding carboxylic acids is 1. The summed E-state index contributed by atoms with van der Waals surface area (Å²) in [6.45, 7) is 8.35. The first-order valence-electron chi connectivity index (χ1n) is 19.7. The number of ether oxygens (including phenoxy) is 3. The fourth-order valence-corrected chi connectivity index (χ4v) is 6.03. The lowest BCUT2D eigenvalue weighted by Crippen LogP contribution is -2.21. The molecule has 0 atom stereocenters. The fraction of sp³-hybridized carbons (Fsp3) is 0.829. The van der Waals surface area contributed by atoms with Gasteiger partial charge in [-0.05, 0) is 42.4 Å². The number of benzene rings is 1. The Labute approximate surface area is 285 Å². The van der Waals surface area contributed by atoms with Crippen molar-refractivity contribution in [3.05, 3.63) is 34.9 Å². The second kappa shape index (κ2) is 32.1. The van der Waals surface area contributed by atoms with Gasteiger partial charge in [-0.25, -0.2) is 0 Å². The minimum absolute atomic E-state index is 0.000603. The van der Waals surface area contributed by atoms with Gasteiger partial charge in [0.15, 0.2) is 6.29 Å². The van der Waals surface area contributed by atoms with Gasteiger partial charge in [0, 0.05) is 19.6 Å². The van der Waals surface area contributed by atoms with Gasteiger partial charge in [0.05, 0.1) is 13.0 Å². The van der Waals surface area contributed by atoms with Gasteiger partial charge in [0.2, 0.25) is 0 Å². The van der Waals surface area contributed by atoms with Crippen LogP contribution in [0.25, 0.3) is 0 Å². The average molecular weight is 647 g/mol. The summed E-state index contributed by atoms with van der Waals surface area (Å²) in [5, 5.41) is 9.82. The molecule has 0 unspecified atom stereocenters. The summed E-state index contributed by atoms with van der Waals surface area (Å²) in [5.74, 6) is -0.224. The molecule has 0 aliphatic carbocycles. The minimum Gasteiger partial charge on any atom is -0.461 e. The van der Waals surface area contributed by atoms with Crippen LogP contribution in [0.2, 0.25) is 0 Å². The largest absolute Gasteiger partial charge is 0.461 e. The third kappa shape index (κ3) is 25.6. The predicted octanol–water partition coefficient (Wildman–Crippen LogP) is 11.9. The molecular formula is C41H74O5. The molecule has 0 aromatic heterocycles. The molecule has 1 aromatic rings. The van der Waals surface area contributed by atoms with Gasteiger partial charge in [-0.15, -0.1) is 0 Å². The molecule has 1 rings (SSSR count). The van der Waals surface area contributed by atoms with E-state index in [9.17, 15) is 9.90 Å². The van der Waals surface area contributed by atoms with E-state index in [0.29, 0.717) is 19.6 Å². The van der Waals surface area contributed by atoms with Crippen LogP contribution in [0.3, 0.4) is 0 Å². The Morgan fingerprint density at radius 1 is 0.565 bits per heavy atom. The van der Waals surface area contributed by atoms with Crippen molar-refractivity contribution in [1.29, 1.82) is 0 Å². The van der Waals surface area contributed by atoms with Gasteiger partial charge in [-0.2, -0.15) is 0 Å². The number of carbonyl (C=O) groups is 1. The zero-order valence-electron chi connectivity index (χ0n) is 30.6. The van der Waals surface area contributed by atoms with Crippen LogP contribution in [0.15, 0.2) is 18.2 Å². The quantitative estimate of drug-likeness (QED) is 0.0458. The summed E-state index contributed by atoms with van der Waals surface area (Å²) >= 11 is 0. The van der Waals surface area contributed by atoms with Crippen LogP contribution >= 0.6 is 0 Å². The second-order valence-corrected chi connectivity index (χ2v) is 13.5. The highest BCUT2D eigenvalue weighted by Crippen LogP contribution is 2.18. The molecule has 0 fully saturated rings. The highest BCUT2D eigenvalue weighted by atomic mass is 16.7. The Hall–Kier alpha value is -1.43. The monoisotopic (exact) mass is 647 g/mol. The van der Waals surface area contributed by atoms with Crippen molar-refractivity contribution in [3.8, 4) is 0 Å². The SMILES string of the molecule is CCCCCCCCCCCCCc1cc(CO)cc(COC(=O)CCC(OCCCCCCCC)OCCCCCCCC)c1. The lowest BCUT2D eigenvalue weighted by molar-refractivity contribution is -0.160. The van der Waals surface area contributed by atoms with E-state index in [1.54, 1.807) is 0 Å². The van der Waals surface area contributed by atoms with Gasteiger partial charge in [0.25, 0.3) is 0 Å². The first kappa shape index (κ1) is 42.6. The molecule has 0 bridgehead atoms. The van der Waals surface area contributed by atoms with E-state index >= 15 is 0 Å². The molecule has 0 spiro atoms. The van der Waals surface area contributed by atoms with Gasteiger partial charge >= 0.3 is 5.97 Å². The molecule has 268 valence electrons. The standard InChI is InChI=1S/C41H74O5/c1-4-7-10-13-16-17-18-19-20-21-24-27-37-32-38(35-42)34-39(33-37)36-46-40(43)28-29-41(44-30-25-22-14-11-8-5-2)45-31-26-23-15-12-9-6-3/h32-34,41-42H,4-31,35-36H2,1-3H3. The van der Waals surface area contributed by atoms with Crippen LogP contribution in [-0.2, 0) is 38.6 Å². The molecule has 0 saturated carbocycles. The third-order valence-electron chi connectivity index (χ3n) is 8.95. The lowest BCUT2D eigenvalue weighted by Gasteiger charge is -2.19. The number of esters is 1. The van der Waals surface area contributed by atoms with E-state index in [2.05, 4.69) is 32.9 Å². The average Bonchev–Trinajstić information content (AvgIpc) is 3.07. The van der Waals surface area contributed by atoms with Gasteiger partial charge in [-0.1, -0.05) is 167 Å². The maximum Gasteiger partial charge on any atom is 0.306 e. The fourth-order valence-electron chi connectivity index (χ4n) is 6.03. The van der Waals surface area contributed by atoms with Crippen molar-refractivity contribution in [1.82, 2.24) is 0 Å². The molecule has 0 aliphatic rings. The van der Waals surface area contributed by atoms with Crippen molar-refractivity contribution < 1.29 is 24.1 Å². The Morgan fingerprint density at radius 3 is 1.46 bits per heavy atom. The van der Waals surface area contributed by atoms with Gasteiger partial charge < -0.3 is 19.3 Å². The molecule has 5 heteroatoms. The molecule has 0 amide bonds. The topological polar surface area (TPSA) is 65.0 Å². The number of rotatable bonds is 34. The van der Waals surface area contributed by atoms with E-state index in [1.165, 1.54) is 134 Å². The molecule has 0 heterocycles. The first-order chi connectivity index (χ1) is 22.6. The first-order valence-corrected chi connectivity index (χ1v) is 19.7. The molecule has 1 N–H and O–H groups in total. The molecule has 46 heavy (non-hydrogen) atoms. The van der Waals surface area contributed by atoms with Crippen molar-refractivity contribution in [2.75, 3.05) is 13.2 Å². The van der Waals surface area contributed by atoms with E-state index in [-0.39, 0.29) is 31.9 Å². The summed E-state index contributed by atoms with van der Waals surface area (Å²) in [6.07, 6.45) is 30.8. The molecule has 0 aliphatic heterocycles. The number of unbranched alkanes of at least 4 members (excludes halogenated alkanes) is 20. The summed E-state index contributed by atoms with van der Waals surface area (Å²) < 4.78 is 17.8. The Kier molecular flexibility index (Phi) is 29.8. The summed E-state index contributed by atoms with van der Waals surface area (Å²) in [7, 11) is 0. The van der Waals surface area contributed by atoms with E-state index in [0.717, 1.165) is 36.8 Å². The number of aryl methyl sites for hydroxylation is 1. The Morgan fingerprint density at radius 2 is 0.978 bits per heavy atom. The van der Waals surface area contributed by atoms with Crippen LogP contribution < -0.4 is 0 Å². The number of aliphatic hydroxyl groups is 1. The summed E-state index contributed by atoms with van der Waals surface area (Å²) in [6, 6.07) is 6.18. The van der Waals surface area contributed by atoms with Crippen molar-refractivity contribution >= 4 is 5.97 Å². The van der Waals surface area contributed by atoms with Crippen LogP contribution in [-0.4, -0.2) is 30.6 Å². The lowest BCUT2D eigenvalue weighted by atomic mass is 10.0. The number of aliphatic hydroxyl groups excluding tert-OH is 1. The molecule has 0 saturated heterocycles. The highest BCUT2D eigenvalue weighted by molar-refractivity contribution is 5.69. The zero-order valence-corrected chi connectivity index (χ0v) is 30.6. The zero-order chi connectivity index (χ0) is 33.3.